The first kappa shape index (κ1) is 10.9. The molecule has 2 fully saturated rings. The SMILES string of the molecule is CC1(O)CCCN(C(C(=O)O)C2CC2)C1. The Balaban J connectivity index is 2.03. The molecule has 4 heteroatoms. The molecule has 1 aliphatic carbocycles. The summed E-state index contributed by atoms with van der Waals surface area (Å²) < 4.78 is 0. The van der Waals surface area contributed by atoms with Crippen LogP contribution in [0.25, 0.3) is 0 Å². The fourth-order valence-corrected chi connectivity index (χ4v) is 2.56. The summed E-state index contributed by atoms with van der Waals surface area (Å²) in [7, 11) is 0. The van der Waals surface area contributed by atoms with E-state index in [2.05, 4.69) is 0 Å². The van der Waals surface area contributed by atoms with Crippen LogP contribution in [0.2, 0.25) is 0 Å². The lowest BCUT2D eigenvalue weighted by atomic mass is 9.93. The van der Waals surface area contributed by atoms with Crippen molar-refractivity contribution in [3.05, 3.63) is 0 Å². The first-order chi connectivity index (χ1) is 6.99. The molecule has 0 spiro atoms. The summed E-state index contributed by atoms with van der Waals surface area (Å²) in [5.41, 5.74) is -0.707. The summed E-state index contributed by atoms with van der Waals surface area (Å²) in [6.45, 7) is 3.11. The van der Waals surface area contributed by atoms with Gasteiger partial charge in [-0.05, 0) is 45.1 Å². The molecule has 0 aromatic rings. The molecule has 0 aromatic heterocycles. The number of β-amino-alcohol motifs (C(OH)–C–C–N with tert-alkyl or cyclic N) is 1. The van der Waals surface area contributed by atoms with Crippen LogP contribution in [0.4, 0.5) is 0 Å². The highest BCUT2D eigenvalue weighted by atomic mass is 16.4. The molecule has 2 atom stereocenters. The summed E-state index contributed by atoms with van der Waals surface area (Å²) in [6.07, 6.45) is 3.72. The van der Waals surface area contributed by atoms with Gasteiger partial charge in [0.25, 0.3) is 0 Å². The average Bonchev–Trinajstić information content (AvgIpc) is 2.85. The molecule has 2 rings (SSSR count). The first-order valence-electron chi connectivity index (χ1n) is 5.69. The van der Waals surface area contributed by atoms with Crippen LogP contribution in [0.15, 0.2) is 0 Å². The molecule has 0 radical (unpaired) electrons. The minimum absolute atomic E-state index is 0.316. The number of hydrogen-bond donors (Lipinski definition) is 2. The van der Waals surface area contributed by atoms with Gasteiger partial charge in [0.05, 0.1) is 5.60 Å². The Morgan fingerprint density at radius 1 is 1.53 bits per heavy atom. The van der Waals surface area contributed by atoms with E-state index in [4.69, 9.17) is 0 Å². The smallest absolute Gasteiger partial charge is 0.321 e. The first-order valence-corrected chi connectivity index (χ1v) is 5.69. The summed E-state index contributed by atoms with van der Waals surface area (Å²) in [4.78, 5) is 13.1. The molecule has 2 unspecified atom stereocenters. The molecule has 1 heterocycles. The lowest BCUT2D eigenvalue weighted by Crippen LogP contribution is -2.53. The van der Waals surface area contributed by atoms with Gasteiger partial charge >= 0.3 is 5.97 Å². The predicted octanol–water partition coefficient (Wildman–Crippen LogP) is 0.696. The van der Waals surface area contributed by atoms with Gasteiger partial charge in [-0.1, -0.05) is 0 Å². The average molecular weight is 213 g/mol. The zero-order valence-corrected chi connectivity index (χ0v) is 9.15. The number of rotatable bonds is 3. The van der Waals surface area contributed by atoms with Crippen molar-refractivity contribution in [2.75, 3.05) is 13.1 Å². The van der Waals surface area contributed by atoms with Crippen molar-refractivity contribution in [1.82, 2.24) is 4.90 Å². The third kappa shape index (κ3) is 2.49. The van der Waals surface area contributed by atoms with Gasteiger partial charge in [-0.3, -0.25) is 9.69 Å². The molecule has 0 aromatic carbocycles. The zero-order chi connectivity index (χ0) is 11.1. The van der Waals surface area contributed by atoms with Gasteiger partial charge in [-0.2, -0.15) is 0 Å². The maximum absolute atomic E-state index is 11.2. The standard InChI is InChI=1S/C11H19NO3/c1-11(15)5-2-6-12(7-11)9(10(13)14)8-3-4-8/h8-9,15H,2-7H2,1H3,(H,13,14). The minimum Gasteiger partial charge on any atom is -0.480 e. The van der Waals surface area contributed by atoms with Crippen LogP contribution in [0, 0.1) is 5.92 Å². The van der Waals surface area contributed by atoms with Crippen molar-refractivity contribution in [3.63, 3.8) is 0 Å². The van der Waals surface area contributed by atoms with E-state index in [1.54, 1.807) is 6.92 Å². The van der Waals surface area contributed by atoms with Gasteiger partial charge in [0.15, 0.2) is 0 Å². The molecular weight excluding hydrogens is 194 g/mol. The molecule has 4 nitrogen and oxygen atoms in total. The van der Waals surface area contributed by atoms with E-state index in [9.17, 15) is 15.0 Å². The van der Waals surface area contributed by atoms with Crippen LogP contribution in [-0.2, 0) is 4.79 Å². The molecule has 15 heavy (non-hydrogen) atoms. The Hall–Kier alpha value is -0.610. The largest absolute Gasteiger partial charge is 0.480 e. The monoisotopic (exact) mass is 213 g/mol. The molecular formula is C11H19NO3. The molecule has 1 saturated carbocycles. The number of piperidine rings is 1. The number of likely N-dealkylation sites (tertiary alicyclic amines) is 1. The predicted molar refractivity (Wildman–Crippen MR) is 55.6 cm³/mol. The molecule has 1 saturated heterocycles. The van der Waals surface area contributed by atoms with Crippen molar-refractivity contribution in [2.24, 2.45) is 5.92 Å². The number of carboxylic acid groups (broad SMARTS) is 1. The summed E-state index contributed by atoms with van der Waals surface area (Å²) in [5.74, 6) is -0.411. The number of aliphatic hydroxyl groups is 1. The Labute approximate surface area is 89.9 Å². The van der Waals surface area contributed by atoms with Gasteiger partial charge in [0.1, 0.15) is 6.04 Å². The number of nitrogens with zero attached hydrogens (tertiary/aromatic N) is 1. The highest BCUT2D eigenvalue weighted by Gasteiger charge is 2.43. The summed E-state index contributed by atoms with van der Waals surface area (Å²) >= 11 is 0. The highest BCUT2D eigenvalue weighted by Crippen LogP contribution is 2.37. The molecule has 0 bridgehead atoms. The topological polar surface area (TPSA) is 60.8 Å². The van der Waals surface area contributed by atoms with E-state index < -0.39 is 11.6 Å². The second kappa shape index (κ2) is 3.76. The van der Waals surface area contributed by atoms with Gasteiger partial charge in [0, 0.05) is 6.54 Å². The van der Waals surface area contributed by atoms with E-state index in [1.165, 1.54) is 0 Å². The maximum atomic E-state index is 11.2. The second-order valence-corrected chi connectivity index (χ2v) is 5.19. The Kier molecular flexibility index (Phi) is 2.73. The Bertz CT molecular complexity index is 261. The van der Waals surface area contributed by atoms with E-state index in [-0.39, 0.29) is 6.04 Å². The van der Waals surface area contributed by atoms with Crippen LogP contribution in [0.3, 0.4) is 0 Å². The zero-order valence-electron chi connectivity index (χ0n) is 9.15. The van der Waals surface area contributed by atoms with Crippen molar-refractivity contribution in [3.8, 4) is 0 Å². The molecule has 2 N–H and O–H groups in total. The van der Waals surface area contributed by atoms with Gasteiger partial charge in [-0.25, -0.2) is 0 Å². The highest BCUT2D eigenvalue weighted by molar-refractivity contribution is 5.74. The van der Waals surface area contributed by atoms with Crippen molar-refractivity contribution in [1.29, 1.82) is 0 Å². The Morgan fingerprint density at radius 2 is 2.20 bits per heavy atom. The summed E-state index contributed by atoms with van der Waals surface area (Å²) in [6, 6.07) is -0.364. The summed E-state index contributed by atoms with van der Waals surface area (Å²) in [5, 5.41) is 19.1. The third-order valence-electron chi connectivity index (χ3n) is 3.42. The number of carbonyl (C=O) groups is 1. The normalized spacial score (nSPS) is 35.1. The van der Waals surface area contributed by atoms with E-state index >= 15 is 0 Å². The van der Waals surface area contributed by atoms with Crippen LogP contribution < -0.4 is 0 Å². The molecule has 0 amide bonds. The fourth-order valence-electron chi connectivity index (χ4n) is 2.56. The number of carboxylic acids is 1. The number of aliphatic carboxylic acids is 1. The Morgan fingerprint density at radius 3 is 2.67 bits per heavy atom. The van der Waals surface area contributed by atoms with Gasteiger partial charge < -0.3 is 10.2 Å². The quantitative estimate of drug-likeness (QED) is 0.724. The molecule has 86 valence electrons. The van der Waals surface area contributed by atoms with E-state index in [0.29, 0.717) is 12.5 Å². The van der Waals surface area contributed by atoms with Crippen LogP contribution in [-0.4, -0.2) is 45.8 Å². The molecule has 1 aliphatic heterocycles. The lowest BCUT2D eigenvalue weighted by molar-refractivity contribution is -0.147. The second-order valence-electron chi connectivity index (χ2n) is 5.19. The minimum atomic E-state index is -0.727. The third-order valence-corrected chi connectivity index (χ3v) is 3.42. The van der Waals surface area contributed by atoms with Gasteiger partial charge in [-0.15, -0.1) is 0 Å². The molecule has 2 aliphatic rings. The van der Waals surface area contributed by atoms with Crippen molar-refractivity contribution >= 4 is 5.97 Å². The van der Waals surface area contributed by atoms with Crippen LogP contribution in [0.1, 0.15) is 32.6 Å². The maximum Gasteiger partial charge on any atom is 0.321 e. The van der Waals surface area contributed by atoms with Crippen molar-refractivity contribution < 1.29 is 15.0 Å². The van der Waals surface area contributed by atoms with Crippen LogP contribution >= 0.6 is 0 Å². The fraction of sp³-hybridized carbons (Fsp3) is 0.909. The van der Waals surface area contributed by atoms with Crippen LogP contribution in [0.5, 0.6) is 0 Å². The van der Waals surface area contributed by atoms with Crippen molar-refractivity contribution in [2.45, 2.75) is 44.2 Å². The number of hydrogen-bond acceptors (Lipinski definition) is 3. The van der Waals surface area contributed by atoms with Gasteiger partial charge in [0.2, 0.25) is 0 Å². The van der Waals surface area contributed by atoms with E-state index in [0.717, 1.165) is 32.2 Å². The lowest BCUT2D eigenvalue weighted by Gasteiger charge is -2.39. The van der Waals surface area contributed by atoms with E-state index in [1.807, 2.05) is 4.90 Å².